The number of nitrogens with one attached hydrogen (secondary N) is 1. The predicted octanol–water partition coefficient (Wildman–Crippen LogP) is 3.96. The van der Waals surface area contributed by atoms with Crippen LogP contribution in [0.4, 0.5) is 9.59 Å². The molecule has 0 aromatic carbocycles. The smallest absolute Gasteiger partial charge is 0.326 e. The molecule has 0 aromatic rings. The molecule has 0 aliphatic carbocycles. The molecule has 6 amide bonds. The van der Waals surface area contributed by atoms with Gasteiger partial charge in [0.1, 0.15) is 0 Å². The number of urea groups is 2. The summed E-state index contributed by atoms with van der Waals surface area (Å²) < 4.78 is 0. The first-order chi connectivity index (χ1) is 16.2. The van der Waals surface area contributed by atoms with E-state index in [1.807, 2.05) is 81.9 Å². The van der Waals surface area contributed by atoms with Crippen LogP contribution in [0.5, 0.6) is 0 Å². The number of hydrogen-bond acceptors (Lipinski definition) is 4. The van der Waals surface area contributed by atoms with Crippen LogP contribution in [0.1, 0.15) is 102 Å². The van der Waals surface area contributed by atoms with Gasteiger partial charge in [-0.25, -0.2) is 9.59 Å². The molecule has 3 aliphatic rings. The number of carbonyl (C=O) groups is 4. The summed E-state index contributed by atoms with van der Waals surface area (Å²) in [7, 11) is 0. The number of rotatable bonds is 2. The summed E-state index contributed by atoms with van der Waals surface area (Å²) in [5, 5.41) is 2.66. The molecule has 3 rings (SSSR count). The summed E-state index contributed by atoms with van der Waals surface area (Å²) in [6.07, 6.45) is 2.56. The maximum atomic E-state index is 13.4. The summed E-state index contributed by atoms with van der Waals surface area (Å²) in [6, 6.07) is -1.16. The Kier molecular flexibility index (Phi) is 6.99. The van der Waals surface area contributed by atoms with Crippen molar-refractivity contribution in [3.05, 3.63) is 0 Å². The van der Waals surface area contributed by atoms with Crippen molar-refractivity contribution in [1.82, 2.24) is 24.9 Å². The highest BCUT2D eigenvalue weighted by Gasteiger charge is 2.52. The van der Waals surface area contributed by atoms with E-state index in [-0.39, 0.29) is 42.0 Å². The quantitative estimate of drug-likeness (QED) is 0.615. The zero-order chi connectivity index (χ0) is 27.6. The molecular formula is C27H47N5O4. The first-order valence-electron chi connectivity index (χ1n) is 13.2. The second-order valence-corrected chi connectivity index (χ2v) is 13.7. The van der Waals surface area contributed by atoms with Crippen molar-refractivity contribution in [2.24, 2.45) is 0 Å². The van der Waals surface area contributed by atoms with Gasteiger partial charge in [0.2, 0.25) is 11.8 Å². The van der Waals surface area contributed by atoms with Crippen molar-refractivity contribution in [2.75, 3.05) is 6.54 Å². The number of amides is 6. The molecular weight excluding hydrogens is 458 g/mol. The summed E-state index contributed by atoms with van der Waals surface area (Å²) >= 11 is 0. The van der Waals surface area contributed by atoms with Gasteiger partial charge in [-0.1, -0.05) is 0 Å². The second kappa shape index (κ2) is 8.91. The lowest BCUT2D eigenvalue weighted by atomic mass is 9.75. The van der Waals surface area contributed by atoms with Crippen molar-refractivity contribution in [3.8, 4) is 0 Å². The van der Waals surface area contributed by atoms with Gasteiger partial charge < -0.3 is 19.6 Å². The Labute approximate surface area is 216 Å². The molecule has 3 fully saturated rings. The molecule has 3 heterocycles. The van der Waals surface area contributed by atoms with Crippen molar-refractivity contribution < 1.29 is 19.2 Å². The lowest BCUT2D eigenvalue weighted by Gasteiger charge is -2.57. The Bertz CT molecular complexity index is 904. The third kappa shape index (κ3) is 4.94. The van der Waals surface area contributed by atoms with E-state index in [4.69, 9.17) is 0 Å². The largest absolute Gasteiger partial charge is 0.333 e. The Balaban J connectivity index is 1.88. The highest BCUT2D eigenvalue weighted by atomic mass is 16.2. The monoisotopic (exact) mass is 505 g/mol. The van der Waals surface area contributed by atoms with E-state index in [0.29, 0.717) is 32.2 Å². The average Bonchev–Trinajstić information content (AvgIpc) is 2.71. The Morgan fingerprint density at radius 1 is 0.694 bits per heavy atom. The fourth-order valence-corrected chi connectivity index (χ4v) is 8.30. The molecule has 36 heavy (non-hydrogen) atoms. The van der Waals surface area contributed by atoms with Gasteiger partial charge in [0, 0.05) is 60.7 Å². The van der Waals surface area contributed by atoms with E-state index < -0.39 is 22.2 Å². The minimum atomic E-state index is -0.429. The van der Waals surface area contributed by atoms with Crippen LogP contribution in [0.3, 0.4) is 0 Å². The first kappa shape index (κ1) is 28.3. The standard InChI is InChI=1S/C27H47N5O4/c1-17-16-29(20-12-24(4,5)31(18(2)33)25(6,7)13-20)22(35)28-23(36)30(17)21-14-26(8,9)32(19(3)34)27(10,11)15-21/h17,20-21H,12-16H2,1-11H3,(H,28,35,36). The maximum absolute atomic E-state index is 13.4. The molecule has 0 spiro atoms. The number of imide groups is 1. The predicted molar refractivity (Wildman–Crippen MR) is 139 cm³/mol. The van der Waals surface area contributed by atoms with Crippen LogP contribution < -0.4 is 5.32 Å². The molecule has 0 aromatic heterocycles. The van der Waals surface area contributed by atoms with Gasteiger partial charge in [0.05, 0.1) is 0 Å². The average molecular weight is 506 g/mol. The fourth-order valence-electron chi connectivity index (χ4n) is 8.30. The van der Waals surface area contributed by atoms with Crippen LogP contribution in [0.15, 0.2) is 0 Å². The SMILES string of the molecule is CC(=O)N1C(C)(C)CC(N2CC(C)N(C3CC(C)(C)N(C(C)=O)C(C)(C)C3)C(=O)NC2=O)CC1(C)C. The van der Waals surface area contributed by atoms with Crippen LogP contribution in [-0.4, -0.2) is 90.3 Å². The Morgan fingerprint density at radius 2 is 1.06 bits per heavy atom. The van der Waals surface area contributed by atoms with E-state index in [2.05, 4.69) is 5.32 Å². The topological polar surface area (TPSA) is 93.3 Å². The van der Waals surface area contributed by atoms with Gasteiger partial charge in [-0.05, 0) is 88.0 Å². The van der Waals surface area contributed by atoms with Gasteiger partial charge in [-0.3, -0.25) is 14.9 Å². The fraction of sp³-hybridized carbons (Fsp3) is 0.852. The van der Waals surface area contributed by atoms with Gasteiger partial charge in [-0.2, -0.15) is 0 Å². The summed E-state index contributed by atoms with van der Waals surface area (Å²) in [6.45, 7) is 22.0. The molecule has 1 atom stereocenters. The van der Waals surface area contributed by atoms with Gasteiger partial charge in [0.15, 0.2) is 0 Å². The van der Waals surface area contributed by atoms with Crippen LogP contribution >= 0.6 is 0 Å². The van der Waals surface area contributed by atoms with Gasteiger partial charge in [0.25, 0.3) is 0 Å². The van der Waals surface area contributed by atoms with E-state index >= 15 is 0 Å². The normalized spacial score (nSPS) is 28.6. The summed E-state index contributed by atoms with van der Waals surface area (Å²) in [5.74, 6) is 0.0564. The minimum absolute atomic E-state index is 0.0281. The van der Waals surface area contributed by atoms with E-state index in [9.17, 15) is 19.2 Å². The van der Waals surface area contributed by atoms with Crippen molar-refractivity contribution in [1.29, 1.82) is 0 Å². The third-order valence-electron chi connectivity index (χ3n) is 8.47. The number of hydrogen-bond donors (Lipinski definition) is 1. The molecule has 1 N–H and O–H groups in total. The Hall–Kier alpha value is -2.32. The highest BCUT2D eigenvalue weighted by molar-refractivity contribution is 5.94. The van der Waals surface area contributed by atoms with Crippen LogP contribution in [0.25, 0.3) is 0 Å². The lowest BCUT2D eigenvalue weighted by molar-refractivity contribution is -0.151. The van der Waals surface area contributed by atoms with Crippen LogP contribution in [0, 0.1) is 0 Å². The van der Waals surface area contributed by atoms with Crippen LogP contribution in [0.2, 0.25) is 0 Å². The third-order valence-corrected chi connectivity index (χ3v) is 8.47. The molecule has 9 nitrogen and oxygen atoms in total. The highest BCUT2D eigenvalue weighted by Crippen LogP contribution is 2.43. The zero-order valence-electron chi connectivity index (χ0n) is 24.2. The van der Waals surface area contributed by atoms with Gasteiger partial charge >= 0.3 is 12.1 Å². The number of nitrogens with zero attached hydrogens (tertiary/aromatic N) is 4. The molecule has 0 radical (unpaired) electrons. The number of carbonyl (C=O) groups excluding carboxylic acids is 4. The van der Waals surface area contributed by atoms with E-state index in [1.54, 1.807) is 13.8 Å². The molecule has 0 saturated carbocycles. The van der Waals surface area contributed by atoms with E-state index in [0.717, 1.165) is 0 Å². The molecule has 1 unspecified atom stereocenters. The van der Waals surface area contributed by atoms with E-state index in [1.165, 1.54) is 0 Å². The first-order valence-corrected chi connectivity index (χ1v) is 13.2. The summed E-state index contributed by atoms with van der Waals surface area (Å²) in [5.41, 5.74) is -1.71. The minimum Gasteiger partial charge on any atom is -0.333 e. The number of likely N-dealkylation sites (tertiary alicyclic amines) is 2. The van der Waals surface area contributed by atoms with Crippen molar-refractivity contribution in [3.63, 3.8) is 0 Å². The Morgan fingerprint density at radius 3 is 1.42 bits per heavy atom. The molecule has 204 valence electrons. The van der Waals surface area contributed by atoms with Crippen LogP contribution in [-0.2, 0) is 9.59 Å². The summed E-state index contributed by atoms with van der Waals surface area (Å²) in [4.78, 5) is 59.3. The second-order valence-electron chi connectivity index (χ2n) is 13.7. The number of piperidine rings is 2. The van der Waals surface area contributed by atoms with Crippen molar-refractivity contribution >= 4 is 23.9 Å². The molecule has 0 bridgehead atoms. The van der Waals surface area contributed by atoms with Gasteiger partial charge in [-0.15, -0.1) is 0 Å². The van der Waals surface area contributed by atoms with Crippen molar-refractivity contribution in [2.45, 2.75) is 142 Å². The zero-order valence-corrected chi connectivity index (χ0v) is 24.2. The lowest BCUT2D eigenvalue weighted by Crippen LogP contribution is -2.67. The molecule has 3 saturated heterocycles. The maximum Gasteiger partial charge on any atom is 0.326 e. The molecule has 9 heteroatoms. The molecule has 3 aliphatic heterocycles.